The molecule has 3 heterocycles. The maximum absolute atomic E-state index is 11.8. The van der Waals surface area contributed by atoms with E-state index >= 15 is 0 Å². The monoisotopic (exact) mass is 793 g/mol. The fraction of sp³-hybridized carbons (Fsp3) is 0.250. The number of rotatable bonds is 19. The predicted molar refractivity (Wildman–Crippen MR) is 237 cm³/mol. The van der Waals surface area contributed by atoms with Gasteiger partial charge in [0.1, 0.15) is 23.1 Å². The van der Waals surface area contributed by atoms with E-state index in [9.17, 15) is 15.2 Å². The average Bonchev–Trinajstić information content (AvgIpc) is 3.92. The van der Waals surface area contributed by atoms with Crippen molar-refractivity contribution in [2.45, 2.75) is 65.2 Å². The zero-order chi connectivity index (χ0) is 39.6. The quantitative estimate of drug-likeness (QED) is 0.0498. The van der Waals surface area contributed by atoms with Crippen LogP contribution < -0.4 is 14.4 Å². The van der Waals surface area contributed by atoms with Gasteiger partial charge in [0, 0.05) is 32.9 Å². The number of ether oxygens (including phenoxy) is 2. The van der Waals surface area contributed by atoms with E-state index in [1.165, 1.54) is 30.3 Å². The summed E-state index contributed by atoms with van der Waals surface area (Å²) in [6, 6.07) is 41.6. The minimum Gasteiger partial charge on any atom is -0.493 e. The number of thiophene rings is 2. The number of nitriles is 1. The number of hydrogen-bond donors (Lipinski definition) is 1. The molecule has 7 rings (SSSR count). The van der Waals surface area contributed by atoms with Crippen LogP contribution in [0.1, 0.15) is 70.1 Å². The molecule has 57 heavy (non-hydrogen) atoms. The van der Waals surface area contributed by atoms with Crippen LogP contribution in [0, 0.1) is 11.3 Å². The Morgan fingerprint density at radius 2 is 1.32 bits per heavy atom. The highest BCUT2D eigenvalue weighted by Crippen LogP contribution is 2.47. The van der Waals surface area contributed by atoms with Gasteiger partial charge in [0.25, 0.3) is 0 Å². The zero-order valence-electron chi connectivity index (χ0n) is 32.4. The minimum atomic E-state index is -1.24. The summed E-state index contributed by atoms with van der Waals surface area (Å²) in [5, 5.41) is 19.2. The number of aliphatic carboxylic acids is 1. The first-order chi connectivity index (χ1) is 28.0. The first kappa shape index (κ1) is 39.4. The molecule has 290 valence electrons. The second-order valence-electron chi connectivity index (χ2n) is 14.0. The van der Waals surface area contributed by atoms with Gasteiger partial charge in [-0.2, -0.15) is 5.26 Å². The summed E-state index contributed by atoms with van der Waals surface area (Å²) in [7, 11) is 0. The molecular weight excluding hydrogens is 747 g/mol. The zero-order valence-corrected chi connectivity index (χ0v) is 34.1. The van der Waals surface area contributed by atoms with Gasteiger partial charge in [-0.05, 0) is 85.1 Å². The Balaban J connectivity index is 1.31. The molecule has 4 aromatic carbocycles. The van der Waals surface area contributed by atoms with Crippen LogP contribution in [0.25, 0.3) is 42.6 Å². The van der Waals surface area contributed by atoms with Crippen LogP contribution in [0.5, 0.6) is 11.5 Å². The number of unbranched alkanes of at least 4 members (excludes halogenated alkanes) is 6. The van der Waals surface area contributed by atoms with Crippen molar-refractivity contribution in [2.24, 2.45) is 0 Å². The highest BCUT2D eigenvalue weighted by molar-refractivity contribution is 7.29. The van der Waals surface area contributed by atoms with Crippen molar-refractivity contribution in [1.29, 1.82) is 5.26 Å². The van der Waals surface area contributed by atoms with E-state index in [1.807, 2.05) is 36.4 Å². The van der Waals surface area contributed by atoms with E-state index in [0.29, 0.717) is 18.1 Å². The van der Waals surface area contributed by atoms with E-state index in [0.717, 1.165) is 104 Å². The lowest BCUT2D eigenvalue weighted by Gasteiger charge is -2.25. The molecule has 7 nitrogen and oxygen atoms in total. The third kappa shape index (κ3) is 9.09. The topological polar surface area (TPSA) is 87.7 Å². The Kier molecular flexibility index (Phi) is 13.1. The molecule has 1 N–H and O–H groups in total. The van der Waals surface area contributed by atoms with Crippen molar-refractivity contribution < 1.29 is 19.4 Å². The second-order valence-corrected chi connectivity index (χ2v) is 16.1. The molecule has 0 atom stereocenters. The number of carbonyl (C=O) groups is 1. The maximum Gasteiger partial charge on any atom is 0.346 e. The lowest BCUT2D eigenvalue weighted by molar-refractivity contribution is -0.132. The first-order valence-electron chi connectivity index (χ1n) is 19.8. The van der Waals surface area contributed by atoms with Crippen LogP contribution in [-0.2, 0) is 4.79 Å². The van der Waals surface area contributed by atoms with E-state index < -0.39 is 5.97 Å². The molecule has 0 radical (unpaired) electrons. The third-order valence-electron chi connectivity index (χ3n) is 9.90. The Morgan fingerprint density at radius 1 is 0.719 bits per heavy atom. The standard InChI is InChI=1S/C48H47N3O4S2/c1-3-5-7-15-27-54-39-25-26-41(44(30-39)55-28-16-8-6-4-2)51-42-31-40(29-35(33-49)48(52)53)56-46(42)47-43(51)32-45(57-47)34-21-23-38(24-22-34)50(36-17-11-9-12-18-36)37-19-13-10-14-20-37/h9-14,17-26,29-32H,3-8,15-16,27-28H2,1-2H3,(H,52,53)/b35-29-. The molecule has 7 aromatic rings. The highest BCUT2D eigenvalue weighted by Gasteiger charge is 2.22. The largest absolute Gasteiger partial charge is 0.493 e. The average molecular weight is 794 g/mol. The number of para-hydroxylation sites is 2. The van der Waals surface area contributed by atoms with Gasteiger partial charge >= 0.3 is 5.97 Å². The Labute approximate surface area is 342 Å². The molecule has 0 aliphatic carbocycles. The fourth-order valence-corrected chi connectivity index (χ4v) is 9.40. The lowest BCUT2D eigenvalue weighted by atomic mass is 10.1. The predicted octanol–water partition coefficient (Wildman–Crippen LogP) is 14.0. The number of aromatic nitrogens is 1. The molecule has 0 amide bonds. The van der Waals surface area contributed by atoms with Gasteiger partial charge in [-0.3, -0.25) is 0 Å². The Morgan fingerprint density at radius 3 is 1.93 bits per heavy atom. The molecule has 0 spiro atoms. The molecule has 0 unspecified atom stereocenters. The van der Waals surface area contributed by atoms with Gasteiger partial charge in [-0.15, -0.1) is 22.7 Å². The van der Waals surface area contributed by atoms with Crippen molar-refractivity contribution in [1.82, 2.24) is 4.57 Å². The molecule has 0 aliphatic heterocycles. The highest BCUT2D eigenvalue weighted by atomic mass is 32.1. The van der Waals surface area contributed by atoms with Gasteiger partial charge in [0.15, 0.2) is 0 Å². The molecule has 0 aliphatic rings. The summed E-state index contributed by atoms with van der Waals surface area (Å²) in [6.07, 6.45) is 10.3. The molecule has 9 heteroatoms. The molecule has 0 saturated carbocycles. The third-order valence-corrected chi connectivity index (χ3v) is 12.3. The number of anilines is 3. The normalized spacial score (nSPS) is 11.6. The molecule has 3 aromatic heterocycles. The molecular formula is C48H47N3O4S2. The number of carboxylic acids is 1. The Bertz CT molecular complexity index is 2450. The number of fused-ring (bicyclic) bond motifs is 3. The Hall–Kier alpha value is -5.82. The fourth-order valence-electron chi connectivity index (χ4n) is 7.02. The van der Waals surface area contributed by atoms with Crippen LogP contribution in [0.4, 0.5) is 17.1 Å². The van der Waals surface area contributed by atoms with Crippen LogP contribution in [0.3, 0.4) is 0 Å². The molecule has 0 bridgehead atoms. The van der Waals surface area contributed by atoms with Crippen LogP contribution >= 0.6 is 22.7 Å². The summed E-state index contributed by atoms with van der Waals surface area (Å²) < 4.78 is 17.1. The van der Waals surface area contributed by atoms with E-state index in [-0.39, 0.29) is 5.57 Å². The van der Waals surface area contributed by atoms with Crippen molar-refractivity contribution >= 4 is 72.2 Å². The summed E-state index contributed by atoms with van der Waals surface area (Å²) >= 11 is 3.20. The SMILES string of the molecule is CCCCCCOc1ccc(-n2c3cc(/C=C(/C#N)C(=O)O)sc3c3sc(-c4ccc(N(c5ccccc5)c5ccccc5)cc4)cc32)c(OCCCCCC)c1. The summed E-state index contributed by atoms with van der Waals surface area (Å²) in [5.41, 5.74) is 6.86. The van der Waals surface area contributed by atoms with Crippen LogP contribution in [-0.4, -0.2) is 28.9 Å². The summed E-state index contributed by atoms with van der Waals surface area (Å²) in [4.78, 5) is 15.9. The van der Waals surface area contributed by atoms with E-state index in [1.54, 1.807) is 11.3 Å². The van der Waals surface area contributed by atoms with Gasteiger partial charge in [-0.25, -0.2) is 4.79 Å². The first-order valence-corrected chi connectivity index (χ1v) is 21.5. The van der Waals surface area contributed by atoms with Crippen LogP contribution in [0.15, 0.2) is 121 Å². The number of benzene rings is 4. The van der Waals surface area contributed by atoms with Gasteiger partial charge in [0.05, 0.1) is 39.3 Å². The maximum atomic E-state index is 11.8. The second kappa shape index (κ2) is 18.9. The summed E-state index contributed by atoms with van der Waals surface area (Å²) in [6.45, 7) is 5.65. The smallest absolute Gasteiger partial charge is 0.346 e. The van der Waals surface area contributed by atoms with Gasteiger partial charge in [0.2, 0.25) is 0 Å². The lowest BCUT2D eigenvalue weighted by Crippen LogP contribution is -2.09. The van der Waals surface area contributed by atoms with Gasteiger partial charge < -0.3 is 24.0 Å². The number of carboxylic acid groups (broad SMARTS) is 1. The van der Waals surface area contributed by atoms with Gasteiger partial charge in [-0.1, -0.05) is 101 Å². The van der Waals surface area contributed by atoms with Crippen molar-refractivity contribution in [3.63, 3.8) is 0 Å². The minimum absolute atomic E-state index is 0.301. The number of nitrogens with zero attached hydrogens (tertiary/aromatic N) is 3. The van der Waals surface area contributed by atoms with Crippen LogP contribution in [0.2, 0.25) is 0 Å². The number of hydrogen-bond acceptors (Lipinski definition) is 7. The van der Waals surface area contributed by atoms with E-state index in [2.05, 4.69) is 108 Å². The summed E-state index contributed by atoms with van der Waals surface area (Å²) in [5.74, 6) is 0.271. The van der Waals surface area contributed by atoms with Crippen molar-refractivity contribution in [3.8, 4) is 33.7 Å². The van der Waals surface area contributed by atoms with Crippen molar-refractivity contribution in [2.75, 3.05) is 18.1 Å². The van der Waals surface area contributed by atoms with E-state index in [4.69, 9.17) is 9.47 Å². The van der Waals surface area contributed by atoms with Crippen molar-refractivity contribution in [3.05, 3.63) is 126 Å². The molecule has 0 saturated heterocycles. The molecule has 0 fully saturated rings.